The summed E-state index contributed by atoms with van der Waals surface area (Å²) in [6.07, 6.45) is 2.39. The monoisotopic (exact) mass is 274 g/mol. The van der Waals surface area contributed by atoms with Gasteiger partial charge in [-0.3, -0.25) is 4.79 Å². The van der Waals surface area contributed by atoms with E-state index in [0.29, 0.717) is 5.69 Å². The SMILES string of the molecule is O=C(O)C1=NOC(C(=O)Nc2ccc3c(c2)CCC3)C1. The van der Waals surface area contributed by atoms with E-state index in [9.17, 15) is 9.59 Å². The molecule has 1 amide bonds. The van der Waals surface area contributed by atoms with E-state index in [4.69, 9.17) is 9.94 Å². The van der Waals surface area contributed by atoms with E-state index in [1.807, 2.05) is 18.2 Å². The van der Waals surface area contributed by atoms with Gasteiger partial charge >= 0.3 is 5.97 Å². The molecule has 0 bridgehead atoms. The maximum absolute atomic E-state index is 12.0. The minimum Gasteiger partial charge on any atom is -0.477 e. The molecule has 1 aliphatic heterocycles. The molecule has 3 rings (SSSR count). The summed E-state index contributed by atoms with van der Waals surface area (Å²) >= 11 is 0. The van der Waals surface area contributed by atoms with Crippen LogP contribution in [0.4, 0.5) is 5.69 Å². The van der Waals surface area contributed by atoms with Crippen molar-refractivity contribution in [3.05, 3.63) is 29.3 Å². The number of nitrogens with zero attached hydrogens (tertiary/aromatic N) is 1. The van der Waals surface area contributed by atoms with Crippen LogP contribution in [0.1, 0.15) is 24.0 Å². The number of benzene rings is 1. The normalized spacial score (nSPS) is 20.0. The molecule has 0 radical (unpaired) electrons. The molecule has 1 aromatic carbocycles. The van der Waals surface area contributed by atoms with Crippen LogP contribution in [0.15, 0.2) is 23.4 Å². The zero-order valence-corrected chi connectivity index (χ0v) is 10.8. The van der Waals surface area contributed by atoms with Gasteiger partial charge in [-0.2, -0.15) is 0 Å². The minimum atomic E-state index is -1.15. The number of carboxylic acid groups (broad SMARTS) is 1. The Morgan fingerprint density at radius 1 is 1.30 bits per heavy atom. The highest BCUT2D eigenvalue weighted by Gasteiger charge is 2.31. The fourth-order valence-electron chi connectivity index (χ4n) is 2.52. The summed E-state index contributed by atoms with van der Waals surface area (Å²) in [7, 11) is 0. The first-order valence-electron chi connectivity index (χ1n) is 6.52. The van der Waals surface area contributed by atoms with E-state index in [1.165, 1.54) is 11.1 Å². The molecule has 1 unspecified atom stereocenters. The van der Waals surface area contributed by atoms with Crippen LogP contribution < -0.4 is 5.32 Å². The van der Waals surface area contributed by atoms with Gasteiger partial charge in [-0.15, -0.1) is 0 Å². The maximum Gasteiger partial charge on any atom is 0.353 e. The molecule has 1 heterocycles. The third-order valence-corrected chi connectivity index (χ3v) is 3.57. The topological polar surface area (TPSA) is 88.0 Å². The van der Waals surface area contributed by atoms with Crippen LogP contribution in [0.3, 0.4) is 0 Å². The lowest BCUT2D eigenvalue weighted by atomic mass is 10.1. The van der Waals surface area contributed by atoms with E-state index in [-0.39, 0.29) is 18.0 Å². The zero-order chi connectivity index (χ0) is 14.1. The Balaban J connectivity index is 1.64. The summed E-state index contributed by atoms with van der Waals surface area (Å²) in [6, 6.07) is 5.84. The molecule has 1 atom stereocenters. The number of carbonyl (C=O) groups excluding carboxylic acids is 1. The molecule has 0 spiro atoms. The van der Waals surface area contributed by atoms with E-state index < -0.39 is 12.1 Å². The molecular formula is C14H14N2O4. The molecule has 0 saturated heterocycles. The number of aliphatic carboxylic acids is 1. The largest absolute Gasteiger partial charge is 0.477 e. The highest BCUT2D eigenvalue weighted by atomic mass is 16.6. The van der Waals surface area contributed by atoms with Crippen molar-refractivity contribution in [3.8, 4) is 0 Å². The third-order valence-electron chi connectivity index (χ3n) is 3.57. The number of aryl methyl sites for hydroxylation is 2. The van der Waals surface area contributed by atoms with Gasteiger partial charge < -0.3 is 15.3 Å². The fraction of sp³-hybridized carbons (Fsp3) is 0.357. The molecular weight excluding hydrogens is 260 g/mol. The summed E-state index contributed by atoms with van der Waals surface area (Å²) in [4.78, 5) is 27.5. The number of oxime groups is 1. The third kappa shape index (κ3) is 2.36. The van der Waals surface area contributed by atoms with Crippen LogP contribution in [0.25, 0.3) is 0 Å². The Labute approximate surface area is 115 Å². The van der Waals surface area contributed by atoms with Crippen molar-refractivity contribution in [2.45, 2.75) is 31.8 Å². The van der Waals surface area contributed by atoms with E-state index in [0.717, 1.165) is 19.3 Å². The quantitative estimate of drug-likeness (QED) is 0.870. The average Bonchev–Trinajstić information content (AvgIpc) is 3.07. The van der Waals surface area contributed by atoms with E-state index in [2.05, 4.69) is 10.5 Å². The van der Waals surface area contributed by atoms with Gasteiger partial charge in [0.25, 0.3) is 5.91 Å². The summed E-state index contributed by atoms with van der Waals surface area (Å²) in [5, 5.41) is 14.9. The lowest BCUT2D eigenvalue weighted by molar-refractivity contribution is -0.129. The summed E-state index contributed by atoms with van der Waals surface area (Å²) < 4.78 is 0. The van der Waals surface area contributed by atoms with Crippen LogP contribution in [-0.2, 0) is 27.3 Å². The van der Waals surface area contributed by atoms with Crippen molar-refractivity contribution in [1.82, 2.24) is 0 Å². The molecule has 2 aliphatic rings. The molecule has 6 nitrogen and oxygen atoms in total. The molecule has 1 aliphatic carbocycles. The minimum absolute atomic E-state index is 0.00783. The highest BCUT2D eigenvalue weighted by Crippen LogP contribution is 2.25. The molecule has 0 fully saturated rings. The predicted molar refractivity (Wildman–Crippen MR) is 71.7 cm³/mol. The smallest absolute Gasteiger partial charge is 0.353 e. The van der Waals surface area contributed by atoms with Crippen molar-refractivity contribution >= 4 is 23.3 Å². The van der Waals surface area contributed by atoms with Gasteiger partial charge in [0.05, 0.1) is 0 Å². The van der Waals surface area contributed by atoms with Gasteiger partial charge in [0.1, 0.15) is 0 Å². The van der Waals surface area contributed by atoms with Gasteiger partial charge in [0.15, 0.2) is 5.71 Å². The molecule has 20 heavy (non-hydrogen) atoms. The predicted octanol–water partition coefficient (Wildman–Crippen LogP) is 1.34. The Bertz CT molecular complexity index is 609. The van der Waals surface area contributed by atoms with Gasteiger partial charge in [0, 0.05) is 12.1 Å². The highest BCUT2D eigenvalue weighted by molar-refractivity contribution is 6.36. The zero-order valence-electron chi connectivity index (χ0n) is 10.8. The van der Waals surface area contributed by atoms with Gasteiger partial charge in [-0.05, 0) is 42.5 Å². The number of carbonyl (C=O) groups is 2. The van der Waals surface area contributed by atoms with Crippen LogP contribution in [0.5, 0.6) is 0 Å². The van der Waals surface area contributed by atoms with Gasteiger partial charge in [-0.25, -0.2) is 4.79 Å². The standard InChI is InChI=1S/C14H14N2O4/c17-13(12-7-11(14(18)19)16-20-12)15-10-5-4-8-2-1-3-9(8)6-10/h4-6,12H,1-3,7H2,(H,15,17)(H,18,19). The van der Waals surface area contributed by atoms with Crippen LogP contribution in [0.2, 0.25) is 0 Å². The molecule has 104 valence electrons. The van der Waals surface area contributed by atoms with Crippen molar-refractivity contribution in [3.63, 3.8) is 0 Å². The second-order valence-electron chi connectivity index (χ2n) is 4.97. The molecule has 6 heteroatoms. The van der Waals surface area contributed by atoms with Crippen molar-refractivity contribution in [2.24, 2.45) is 5.16 Å². The molecule has 1 aromatic rings. The van der Waals surface area contributed by atoms with Gasteiger partial charge in [-0.1, -0.05) is 11.2 Å². The average molecular weight is 274 g/mol. The Morgan fingerprint density at radius 2 is 2.10 bits per heavy atom. The van der Waals surface area contributed by atoms with Crippen molar-refractivity contribution in [2.75, 3.05) is 5.32 Å². The Hall–Kier alpha value is -2.37. The summed E-state index contributed by atoms with van der Waals surface area (Å²) in [6.45, 7) is 0. The molecule has 0 aromatic heterocycles. The van der Waals surface area contributed by atoms with E-state index >= 15 is 0 Å². The van der Waals surface area contributed by atoms with Crippen molar-refractivity contribution in [1.29, 1.82) is 0 Å². The van der Waals surface area contributed by atoms with Crippen LogP contribution in [-0.4, -0.2) is 28.8 Å². The summed E-state index contributed by atoms with van der Waals surface area (Å²) in [5.41, 5.74) is 3.18. The van der Waals surface area contributed by atoms with Crippen LogP contribution >= 0.6 is 0 Å². The first-order chi connectivity index (χ1) is 9.63. The van der Waals surface area contributed by atoms with E-state index in [1.54, 1.807) is 0 Å². The Morgan fingerprint density at radius 3 is 2.85 bits per heavy atom. The number of nitrogens with one attached hydrogen (secondary N) is 1. The number of anilines is 1. The molecule has 2 N–H and O–H groups in total. The van der Waals surface area contributed by atoms with Crippen LogP contribution in [0, 0.1) is 0 Å². The Kier molecular flexibility index (Phi) is 3.14. The number of rotatable bonds is 3. The second kappa shape index (κ2) is 4.96. The number of hydrogen-bond acceptors (Lipinski definition) is 4. The first kappa shape index (κ1) is 12.7. The second-order valence-corrected chi connectivity index (χ2v) is 4.97. The first-order valence-corrected chi connectivity index (χ1v) is 6.52. The number of carboxylic acids is 1. The lowest BCUT2D eigenvalue weighted by Gasteiger charge is -2.10. The maximum atomic E-state index is 12.0. The number of amides is 1. The number of fused-ring (bicyclic) bond motifs is 1. The van der Waals surface area contributed by atoms with Crippen molar-refractivity contribution < 1.29 is 19.5 Å². The van der Waals surface area contributed by atoms with Gasteiger partial charge in [0.2, 0.25) is 6.10 Å². The summed E-state index contributed by atoms with van der Waals surface area (Å²) in [5.74, 6) is -1.53. The number of hydrogen-bond donors (Lipinski definition) is 2. The molecule has 0 saturated carbocycles. The lowest BCUT2D eigenvalue weighted by Crippen LogP contribution is -2.28. The fourth-order valence-corrected chi connectivity index (χ4v) is 2.52.